The van der Waals surface area contributed by atoms with Gasteiger partial charge in [0, 0.05) is 5.56 Å². The third-order valence-electron chi connectivity index (χ3n) is 4.20. The molecule has 1 aliphatic rings. The summed E-state index contributed by atoms with van der Waals surface area (Å²) in [5.74, 6) is -1.03. The summed E-state index contributed by atoms with van der Waals surface area (Å²) in [6.07, 6.45) is 0. The van der Waals surface area contributed by atoms with E-state index in [0.717, 1.165) is 4.90 Å². The molecule has 0 spiro atoms. The van der Waals surface area contributed by atoms with E-state index in [4.69, 9.17) is 16.1 Å². The van der Waals surface area contributed by atoms with Gasteiger partial charge in [-0.1, -0.05) is 41.0 Å². The molecule has 3 aromatic rings. The summed E-state index contributed by atoms with van der Waals surface area (Å²) in [5, 5.41) is 6.87. The molecule has 8 nitrogen and oxygen atoms in total. The third kappa shape index (κ3) is 3.25. The van der Waals surface area contributed by atoms with Crippen molar-refractivity contribution in [1.82, 2.24) is 20.4 Å². The van der Waals surface area contributed by atoms with Crippen molar-refractivity contribution >= 4 is 29.3 Å². The lowest BCUT2D eigenvalue weighted by Crippen LogP contribution is -2.40. The van der Waals surface area contributed by atoms with Crippen molar-refractivity contribution < 1.29 is 18.9 Å². The van der Waals surface area contributed by atoms with E-state index in [1.165, 1.54) is 0 Å². The molecule has 28 heavy (non-hydrogen) atoms. The highest BCUT2D eigenvalue weighted by Gasteiger charge is 2.36. The first-order chi connectivity index (χ1) is 13.5. The maximum absolute atomic E-state index is 12.3. The van der Waals surface area contributed by atoms with E-state index in [-0.39, 0.29) is 12.4 Å². The molecular weight excluding hydrogens is 384 g/mol. The van der Waals surface area contributed by atoms with E-state index in [9.17, 15) is 14.4 Å². The summed E-state index contributed by atoms with van der Waals surface area (Å²) < 4.78 is 5.11. The fourth-order valence-corrected chi connectivity index (χ4v) is 3.06. The summed E-state index contributed by atoms with van der Waals surface area (Å²) in [5.41, 5.74) is 1.19. The minimum atomic E-state index is -0.521. The quantitative estimate of drug-likeness (QED) is 0.663. The van der Waals surface area contributed by atoms with Gasteiger partial charge in [0.15, 0.2) is 0 Å². The van der Waals surface area contributed by atoms with Crippen molar-refractivity contribution in [2.75, 3.05) is 6.54 Å². The molecule has 0 radical (unpaired) electrons. The Morgan fingerprint density at radius 1 is 1.00 bits per heavy atom. The first-order valence-electron chi connectivity index (χ1n) is 8.34. The average Bonchev–Trinajstić information content (AvgIpc) is 3.26. The Labute approximate surface area is 164 Å². The van der Waals surface area contributed by atoms with Crippen LogP contribution in [0.3, 0.4) is 0 Å². The molecular formula is C19H13ClN4O4. The lowest BCUT2D eigenvalue weighted by Gasteiger charge is -2.12. The minimum absolute atomic E-state index is 0.0422. The lowest BCUT2D eigenvalue weighted by atomic mass is 10.1. The van der Waals surface area contributed by atoms with Gasteiger partial charge in [-0.25, -0.2) is 0 Å². The van der Waals surface area contributed by atoms with Crippen molar-refractivity contribution in [2.45, 2.75) is 6.54 Å². The molecule has 1 aromatic heterocycles. The van der Waals surface area contributed by atoms with Gasteiger partial charge in [0.25, 0.3) is 11.8 Å². The number of fused-ring (bicyclic) bond motifs is 1. The number of amides is 3. The van der Waals surface area contributed by atoms with Gasteiger partial charge in [0.2, 0.25) is 17.6 Å². The van der Waals surface area contributed by atoms with E-state index in [0.29, 0.717) is 27.5 Å². The number of benzene rings is 2. The van der Waals surface area contributed by atoms with Crippen LogP contribution in [0.25, 0.3) is 11.4 Å². The van der Waals surface area contributed by atoms with Gasteiger partial charge in [-0.05, 0) is 24.3 Å². The van der Waals surface area contributed by atoms with Crippen LogP contribution in [0.5, 0.6) is 0 Å². The van der Waals surface area contributed by atoms with Gasteiger partial charge >= 0.3 is 0 Å². The summed E-state index contributed by atoms with van der Waals surface area (Å²) >= 11 is 6.10. The highest BCUT2D eigenvalue weighted by Crippen LogP contribution is 2.25. The van der Waals surface area contributed by atoms with Crippen LogP contribution in [0.15, 0.2) is 53.1 Å². The molecule has 0 fully saturated rings. The van der Waals surface area contributed by atoms with Gasteiger partial charge in [-0.3, -0.25) is 19.3 Å². The van der Waals surface area contributed by atoms with Gasteiger partial charge in [0.05, 0.1) is 22.7 Å². The number of imide groups is 1. The second-order valence-corrected chi connectivity index (χ2v) is 6.42. The number of nitrogens with one attached hydrogen (secondary N) is 1. The first-order valence-corrected chi connectivity index (χ1v) is 8.72. The molecule has 0 bridgehead atoms. The molecule has 2 heterocycles. The number of hydrogen-bond acceptors (Lipinski definition) is 6. The van der Waals surface area contributed by atoms with E-state index < -0.39 is 24.3 Å². The number of aromatic nitrogens is 2. The van der Waals surface area contributed by atoms with E-state index >= 15 is 0 Å². The zero-order valence-corrected chi connectivity index (χ0v) is 15.1. The van der Waals surface area contributed by atoms with Crippen LogP contribution in [0.1, 0.15) is 26.6 Å². The van der Waals surface area contributed by atoms with Gasteiger partial charge < -0.3 is 9.84 Å². The Balaban J connectivity index is 1.38. The number of rotatable bonds is 5. The number of carbonyl (C=O) groups excluding carboxylic acids is 3. The first kappa shape index (κ1) is 17.9. The van der Waals surface area contributed by atoms with Crippen LogP contribution < -0.4 is 5.32 Å². The fraction of sp³-hybridized carbons (Fsp3) is 0.105. The largest absolute Gasteiger partial charge is 0.345 e. The highest BCUT2D eigenvalue weighted by atomic mass is 35.5. The summed E-state index contributed by atoms with van der Waals surface area (Å²) in [6, 6.07) is 13.5. The van der Waals surface area contributed by atoms with E-state index in [1.807, 2.05) is 0 Å². The number of hydrogen-bond donors (Lipinski definition) is 1. The molecule has 1 aliphatic heterocycles. The van der Waals surface area contributed by atoms with Crippen LogP contribution >= 0.6 is 11.6 Å². The Kier molecular flexibility index (Phi) is 4.62. The van der Waals surface area contributed by atoms with Gasteiger partial charge in [-0.2, -0.15) is 4.98 Å². The van der Waals surface area contributed by atoms with Gasteiger partial charge in [-0.15, -0.1) is 0 Å². The predicted octanol–water partition coefficient (Wildman–Crippen LogP) is 2.30. The van der Waals surface area contributed by atoms with Crippen LogP contribution in [-0.2, 0) is 11.3 Å². The molecule has 2 aromatic carbocycles. The Hall–Kier alpha value is -3.52. The maximum atomic E-state index is 12.3. The van der Waals surface area contributed by atoms with E-state index in [2.05, 4.69) is 15.5 Å². The second kappa shape index (κ2) is 7.24. The fourth-order valence-electron chi connectivity index (χ4n) is 2.84. The molecule has 3 amide bonds. The van der Waals surface area contributed by atoms with Crippen molar-refractivity contribution in [3.63, 3.8) is 0 Å². The third-order valence-corrected chi connectivity index (χ3v) is 4.53. The molecule has 0 unspecified atom stereocenters. The number of halogens is 1. The molecule has 0 saturated carbocycles. The Morgan fingerprint density at radius 3 is 2.25 bits per heavy atom. The lowest BCUT2D eigenvalue weighted by molar-refractivity contribution is -0.121. The van der Waals surface area contributed by atoms with Crippen LogP contribution in [0.4, 0.5) is 0 Å². The number of carbonyl (C=O) groups is 3. The van der Waals surface area contributed by atoms with E-state index in [1.54, 1.807) is 48.5 Å². The van der Waals surface area contributed by atoms with Crippen LogP contribution in [0, 0.1) is 0 Å². The number of nitrogens with zero attached hydrogens (tertiary/aromatic N) is 3. The van der Waals surface area contributed by atoms with Gasteiger partial charge in [0.1, 0.15) is 6.54 Å². The molecule has 140 valence electrons. The Morgan fingerprint density at radius 2 is 1.61 bits per heavy atom. The minimum Gasteiger partial charge on any atom is -0.345 e. The normalized spacial score (nSPS) is 13.0. The molecule has 0 atom stereocenters. The smallest absolute Gasteiger partial charge is 0.262 e. The molecule has 0 saturated heterocycles. The molecule has 1 N–H and O–H groups in total. The average molecular weight is 397 g/mol. The zero-order chi connectivity index (χ0) is 19.7. The molecule has 9 heteroatoms. The van der Waals surface area contributed by atoms with Crippen molar-refractivity contribution in [3.8, 4) is 11.4 Å². The topological polar surface area (TPSA) is 105 Å². The molecule has 0 aliphatic carbocycles. The second-order valence-electron chi connectivity index (χ2n) is 6.01. The van der Waals surface area contributed by atoms with Crippen molar-refractivity contribution in [3.05, 3.63) is 70.6 Å². The SMILES string of the molecule is O=C(CN1C(=O)c2ccccc2C1=O)NCc1nc(-c2ccccc2Cl)no1. The van der Waals surface area contributed by atoms with Crippen molar-refractivity contribution in [1.29, 1.82) is 0 Å². The van der Waals surface area contributed by atoms with Crippen LogP contribution in [0.2, 0.25) is 5.02 Å². The Bertz CT molecular complexity index is 1060. The summed E-state index contributed by atoms with van der Waals surface area (Å²) in [4.78, 5) is 41.8. The maximum Gasteiger partial charge on any atom is 0.262 e. The summed E-state index contributed by atoms with van der Waals surface area (Å²) in [7, 11) is 0. The standard InChI is InChI=1S/C19H13ClN4O4/c20-14-8-4-3-7-13(14)17-22-16(28-23-17)9-21-15(25)10-24-18(26)11-5-1-2-6-12(11)19(24)27/h1-8H,9-10H2,(H,21,25). The summed E-state index contributed by atoms with van der Waals surface area (Å²) in [6.45, 7) is -0.433. The van der Waals surface area contributed by atoms with Crippen LogP contribution in [-0.4, -0.2) is 39.3 Å². The predicted molar refractivity (Wildman–Crippen MR) is 98.4 cm³/mol. The highest BCUT2D eigenvalue weighted by molar-refractivity contribution is 6.33. The van der Waals surface area contributed by atoms with Crippen molar-refractivity contribution in [2.24, 2.45) is 0 Å². The zero-order valence-electron chi connectivity index (χ0n) is 14.4. The molecule has 4 rings (SSSR count). The monoisotopic (exact) mass is 396 g/mol.